The third-order valence-electron chi connectivity index (χ3n) is 1.82. The van der Waals surface area contributed by atoms with Crippen LogP contribution in [0.2, 0.25) is 0 Å². The molecular formula is C9H10F2O2S. The van der Waals surface area contributed by atoms with Gasteiger partial charge in [0.05, 0.1) is 19.3 Å². The minimum atomic E-state index is -0.842. The first-order valence-corrected chi connectivity index (χ1v) is 5.07. The highest BCUT2D eigenvalue weighted by Gasteiger charge is 2.17. The Hall–Kier alpha value is -0.810. The monoisotopic (exact) mass is 220 g/mol. The molecule has 0 aliphatic rings. The summed E-state index contributed by atoms with van der Waals surface area (Å²) in [5.41, 5.74) is -0.353. The lowest BCUT2D eigenvalue weighted by Gasteiger charge is -2.09. The minimum Gasteiger partial charge on any atom is -0.494 e. The number of aliphatic hydroxyl groups is 1. The highest BCUT2D eigenvalue weighted by Crippen LogP contribution is 2.31. The van der Waals surface area contributed by atoms with Gasteiger partial charge in [0.1, 0.15) is 5.82 Å². The van der Waals surface area contributed by atoms with E-state index >= 15 is 0 Å². The first-order chi connectivity index (χ1) is 6.65. The summed E-state index contributed by atoms with van der Waals surface area (Å²) < 4.78 is 31.4. The molecule has 0 heterocycles. The van der Waals surface area contributed by atoms with Gasteiger partial charge in [-0.25, -0.2) is 8.78 Å². The summed E-state index contributed by atoms with van der Waals surface area (Å²) in [6.45, 7) is -0.678. The van der Waals surface area contributed by atoms with Gasteiger partial charge in [0.2, 0.25) is 0 Å². The van der Waals surface area contributed by atoms with Crippen molar-refractivity contribution >= 4 is 11.8 Å². The Kier molecular flexibility index (Phi) is 3.71. The summed E-state index contributed by atoms with van der Waals surface area (Å²) in [4.78, 5) is 0.257. The van der Waals surface area contributed by atoms with E-state index in [0.717, 1.165) is 11.8 Å². The van der Waals surface area contributed by atoms with Crippen molar-refractivity contribution in [1.82, 2.24) is 0 Å². The van der Waals surface area contributed by atoms with Gasteiger partial charge in [-0.3, -0.25) is 0 Å². The average Bonchev–Trinajstić information content (AvgIpc) is 2.19. The summed E-state index contributed by atoms with van der Waals surface area (Å²) in [6, 6.07) is 1.27. The van der Waals surface area contributed by atoms with Crippen molar-refractivity contribution in [3.63, 3.8) is 0 Å². The van der Waals surface area contributed by atoms with Crippen LogP contribution in [0.5, 0.6) is 5.75 Å². The van der Waals surface area contributed by atoms with Crippen LogP contribution in [0, 0.1) is 11.6 Å². The molecule has 0 saturated carbocycles. The van der Waals surface area contributed by atoms with E-state index in [-0.39, 0.29) is 16.2 Å². The Bertz CT molecular complexity index is 314. The molecule has 5 heteroatoms. The molecule has 0 unspecified atom stereocenters. The van der Waals surface area contributed by atoms with Crippen molar-refractivity contribution in [2.75, 3.05) is 13.4 Å². The van der Waals surface area contributed by atoms with Crippen LogP contribution in [0.1, 0.15) is 5.56 Å². The predicted molar refractivity (Wildman–Crippen MR) is 50.6 cm³/mol. The first kappa shape index (κ1) is 11.3. The van der Waals surface area contributed by atoms with Crippen molar-refractivity contribution in [3.8, 4) is 5.75 Å². The van der Waals surface area contributed by atoms with Crippen molar-refractivity contribution in [2.45, 2.75) is 11.5 Å². The molecule has 0 spiro atoms. The van der Waals surface area contributed by atoms with Crippen LogP contribution in [-0.2, 0) is 6.61 Å². The minimum absolute atomic E-state index is 0.0557. The van der Waals surface area contributed by atoms with E-state index in [1.807, 2.05) is 0 Å². The fourth-order valence-electron chi connectivity index (χ4n) is 1.08. The van der Waals surface area contributed by atoms with Gasteiger partial charge < -0.3 is 9.84 Å². The highest BCUT2D eigenvalue weighted by molar-refractivity contribution is 7.98. The summed E-state index contributed by atoms with van der Waals surface area (Å²) in [6.07, 6.45) is 1.66. The van der Waals surface area contributed by atoms with E-state index in [1.54, 1.807) is 6.26 Å². The third-order valence-corrected chi connectivity index (χ3v) is 2.56. The first-order valence-electron chi connectivity index (χ1n) is 3.85. The SMILES string of the molecule is COc1cc(SC)c(F)c(CO)c1F. The summed E-state index contributed by atoms with van der Waals surface area (Å²) >= 11 is 1.13. The molecule has 1 N–H and O–H groups in total. The molecule has 0 amide bonds. The Morgan fingerprint density at radius 2 is 2.07 bits per heavy atom. The molecule has 0 radical (unpaired) electrons. The lowest BCUT2D eigenvalue weighted by Crippen LogP contribution is -2.00. The average molecular weight is 220 g/mol. The number of halogens is 2. The van der Waals surface area contributed by atoms with Gasteiger partial charge in [0.15, 0.2) is 11.6 Å². The molecule has 14 heavy (non-hydrogen) atoms. The van der Waals surface area contributed by atoms with Gasteiger partial charge >= 0.3 is 0 Å². The molecule has 0 saturated heterocycles. The van der Waals surface area contributed by atoms with E-state index < -0.39 is 18.2 Å². The quantitative estimate of drug-likeness (QED) is 0.792. The Labute approximate surface area is 84.9 Å². The van der Waals surface area contributed by atoms with Gasteiger partial charge in [-0.15, -0.1) is 11.8 Å². The number of hydrogen-bond donors (Lipinski definition) is 1. The molecule has 0 fully saturated rings. The van der Waals surface area contributed by atoms with E-state index in [1.165, 1.54) is 13.2 Å². The number of aliphatic hydroxyl groups excluding tert-OH is 1. The van der Waals surface area contributed by atoms with Gasteiger partial charge in [0.25, 0.3) is 0 Å². The fraction of sp³-hybridized carbons (Fsp3) is 0.333. The molecule has 0 atom stereocenters. The smallest absolute Gasteiger partial charge is 0.173 e. The lowest BCUT2D eigenvalue weighted by molar-refractivity contribution is 0.264. The van der Waals surface area contributed by atoms with Crippen molar-refractivity contribution in [1.29, 1.82) is 0 Å². The molecule has 1 rings (SSSR count). The maximum Gasteiger partial charge on any atom is 0.173 e. The molecule has 78 valence electrons. The van der Waals surface area contributed by atoms with E-state index in [4.69, 9.17) is 9.84 Å². The molecule has 1 aromatic rings. The summed E-state index contributed by atoms with van der Waals surface area (Å²) in [5, 5.41) is 8.79. The molecule has 0 aliphatic heterocycles. The normalized spacial score (nSPS) is 10.4. The van der Waals surface area contributed by atoms with Crippen LogP contribution in [0.25, 0.3) is 0 Å². The zero-order chi connectivity index (χ0) is 10.7. The van der Waals surface area contributed by atoms with Crippen LogP contribution in [-0.4, -0.2) is 18.5 Å². The van der Waals surface area contributed by atoms with Crippen molar-refractivity contribution in [3.05, 3.63) is 23.3 Å². The van der Waals surface area contributed by atoms with Crippen molar-refractivity contribution < 1.29 is 18.6 Å². The van der Waals surface area contributed by atoms with E-state index in [2.05, 4.69) is 0 Å². The van der Waals surface area contributed by atoms with Gasteiger partial charge in [-0.05, 0) is 12.3 Å². The van der Waals surface area contributed by atoms with Crippen LogP contribution in [0.3, 0.4) is 0 Å². The Morgan fingerprint density at radius 3 is 2.50 bits per heavy atom. The lowest BCUT2D eigenvalue weighted by atomic mass is 10.2. The number of rotatable bonds is 3. The third kappa shape index (κ3) is 1.83. The standard InChI is InChI=1S/C9H10F2O2S/c1-13-6-3-7(14-2)9(11)5(4-12)8(6)10/h3,12H,4H2,1-2H3. The fourth-order valence-corrected chi connectivity index (χ4v) is 1.60. The van der Waals surface area contributed by atoms with Crippen molar-refractivity contribution in [2.24, 2.45) is 0 Å². The topological polar surface area (TPSA) is 29.5 Å². The summed E-state index contributed by atoms with van der Waals surface area (Å²) in [7, 11) is 1.29. The molecule has 2 nitrogen and oxygen atoms in total. The number of thioether (sulfide) groups is 1. The number of hydrogen-bond acceptors (Lipinski definition) is 3. The molecule has 1 aromatic carbocycles. The second-order valence-electron chi connectivity index (χ2n) is 2.55. The van der Waals surface area contributed by atoms with Gasteiger partial charge in [0, 0.05) is 4.90 Å². The predicted octanol–water partition coefficient (Wildman–Crippen LogP) is 2.19. The number of methoxy groups -OCH3 is 1. The molecule has 0 aliphatic carbocycles. The van der Waals surface area contributed by atoms with Crippen LogP contribution < -0.4 is 4.74 Å². The Balaban J connectivity index is 3.39. The van der Waals surface area contributed by atoms with Gasteiger partial charge in [-0.2, -0.15) is 0 Å². The molecule has 0 aromatic heterocycles. The number of benzene rings is 1. The maximum absolute atomic E-state index is 13.4. The summed E-state index contributed by atoms with van der Waals surface area (Å²) in [5.74, 6) is -1.62. The molecular weight excluding hydrogens is 210 g/mol. The van der Waals surface area contributed by atoms with Crippen LogP contribution >= 0.6 is 11.8 Å². The maximum atomic E-state index is 13.4. The van der Waals surface area contributed by atoms with Crippen LogP contribution in [0.4, 0.5) is 8.78 Å². The second kappa shape index (κ2) is 4.61. The van der Waals surface area contributed by atoms with Crippen LogP contribution in [0.15, 0.2) is 11.0 Å². The zero-order valence-electron chi connectivity index (χ0n) is 7.80. The van der Waals surface area contributed by atoms with Gasteiger partial charge in [-0.1, -0.05) is 0 Å². The second-order valence-corrected chi connectivity index (χ2v) is 3.39. The Morgan fingerprint density at radius 1 is 1.43 bits per heavy atom. The van der Waals surface area contributed by atoms with E-state index in [0.29, 0.717) is 0 Å². The highest BCUT2D eigenvalue weighted by atomic mass is 32.2. The zero-order valence-corrected chi connectivity index (χ0v) is 8.62. The van der Waals surface area contributed by atoms with E-state index in [9.17, 15) is 8.78 Å². The number of ether oxygens (including phenoxy) is 1. The molecule has 0 bridgehead atoms. The largest absolute Gasteiger partial charge is 0.494 e.